The molecule has 6 nitrogen and oxygen atoms in total. The van der Waals surface area contributed by atoms with Crippen molar-refractivity contribution in [2.24, 2.45) is 0 Å². The number of carbonyl (C=O) groups excluding carboxylic acids is 1. The molecule has 1 aromatic heterocycles. The molecule has 0 unspecified atom stereocenters. The Morgan fingerprint density at radius 3 is 2.73 bits per heavy atom. The topological polar surface area (TPSA) is 63.1 Å². The van der Waals surface area contributed by atoms with Crippen molar-refractivity contribution in [1.29, 1.82) is 0 Å². The van der Waals surface area contributed by atoms with Crippen LogP contribution in [0.3, 0.4) is 0 Å². The van der Waals surface area contributed by atoms with Crippen LogP contribution in [0, 0.1) is 0 Å². The molecule has 2 aliphatic heterocycles. The van der Waals surface area contributed by atoms with Gasteiger partial charge in [-0.3, -0.25) is 4.79 Å². The highest BCUT2D eigenvalue weighted by atomic mass is 16.2. The van der Waals surface area contributed by atoms with Crippen LogP contribution in [0.25, 0.3) is 0 Å². The molecule has 0 atom stereocenters. The minimum atomic E-state index is -0.0487. The van der Waals surface area contributed by atoms with Gasteiger partial charge >= 0.3 is 0 Å². The van der Waals surface area contributed by atoms with Crippen LogP contribution >= 0.6 is 0 Å². The Morgan fingerprint density at radius 1 is 1.23 bits per heavy atom. The molecule has 0 spiro atoms. The van der Waals surface area contributed by atoms with Crippen LogP contribution < -0.4 is 10.2 Å². The summed E-state index contributed by atoms with van der Waals surface area (Å²) in [6, 6.07) is 6.80. The van der Waals surface area contributed by atoms with Crippen molar-refractivity contribution in [2.75, 3.05) is 24.5 Å². The Kier molecular flexibility index (Phi) is 4.31. The van der Waals surface area contributed by atoms with Crippen molar-refractivity contribution < 1.29 is 4.79 Å². The van der Waals surface area contributed by atoms with Crippen LogP contribution in [-0.4, -0.2) is 40.5 Å². The van der Waals surface area contributed by atoms with Gasteiger partial charge in [0.25, 0.3) is 5.91 Å². The van der Waals surface area contributed by atoms with Crippen LogP contribution in [0.5, 0.6) is 0 Å². The van der Waals surface area contributed by atoms with Crippen molar-refractivity contribution in [2.45, 2.75) is 51.5 Å². The van der Waals surface area contributed by atoms with E-state index in [4.69, 9.17) is 0 Å². The number of rotatable bonds is 2. The minimum Gasteiger partial charge on any atom is -0.317 e. The lowest BCUT2D eigenvalue weighted by Gasteiger charge is -2.22. The normalized spacial score (nSPS) is 18.2. The molecule has 138 valence electrons. The van der Waals surface area contributed by atoms with Gasteiger partial charge in [-0.25, -0.2) is 4.68 Å². The highest BCUT2D eigenvalue weighted by molar-refractivity contribution is 6.05. The number of carbonyl (C=O) groups is 1. The SMILES string of the molecule is CC(C)(C)c1ccc2c(c1)CCN2C(=O)c1cn(C2CCNCC2)nn1. The summed E-state index contributed by atoms with van der Waals surface area (Å²) < 4.78 is 1.87. The number of piperidine rings is 1. The largest absolute Gasteiger partial charge is 0.317 e. The number of benzene rings is 1. The van der Waals surface area contributed by atoms with E-state index in [9.17, 15) is 4.79 Å². The molecule has 1 amide bonds. The molecule has 1 fully saturated rings. The van der Waals surface area contributed by atoms with Crippen LogP contribution in [-0.2, 0) is 11.8 Å². The number of hydrogen-bond donors (Lipinski definition) is 1. The zero-order chi connectivity index (χ0) is 18.3. The Labute approximate surface area is 154 Å². The highest BCUT2D eigenvalue weighted by Gasteiger charge is 2.29. The van der Waals surface area contributed by atoms with E-state index in [0.717, 1.165) is 38.0 Å². The fraction of sp³-hybridized carbons (Fsp3) is 0.550. The van der Waals surface area contributed by atoms with E-state index in [1.54, 1.807) is 0 Å². The standard InChI is InChI=1S/C20H27N5O/c1-20(2,3)15-4-5-18-14(12-15)8-11-24(18)19(26)17-13-25(23-22-17)16-6-9-21-10-7-16/h4-5,12-13,16,21H,6-11H2,1-3H3. The number of hydrogen-bond acceptors (Lipinski definition) is 4. The van der Waals surface area contributed by atoms with E-state index in [0.29, 0.717) is 18.3 Å². The average molecular weight is 353 g/mol. The predicted molar refractivity (Wildman–Crippen MR) is 102 cm³/mol. The Morgan fingerprint density at radius 2 is 2.00 bits per heavy atom. The predicted octanol–water partition coefficient (Wildman–Crippen LogP) is 2.70. The molecule has 3 heterocycles. The summed E-state index contributed by atoms with van der Waals surface area (Å²) in [6.07, 6.45) is 4.77. The van der Waals surface area contributed by atoms with Gasteiger partial charge in [0.2, 0.25) is 0 Å². The minimum absolute atomic E-state index is 0.0487. The number of fused-ring (bicyclic) bond motifs is 1. The third-order valence-corrected chi connectivity index (χ3v) is 5.50. The van der Waals surface area contributed by atoms with Gasteiger partial charge in [-0.1, -0.05) is 38.1 Å². The summed E-state index contributed by atoms with van der Waals surface area (Å²) in [5.74, 6) is -0.0487. The van der Waals surface area contributed by atoms with Gasteiger partial charge in [-0.15, -0.1) is 5.10 Å². The molecule has 1 N–H and O–H groups in total. The molecule has 0 bridgehead atoms. The zero-order valence-electron chi connectivity index (χ0n) is 15.8. The van der Waals surface area contributed by atoms with Gasteiger partial charge in [0, 0.05) is 12.2 Å². The summed E-state index contributed by atoms with van der Waals surface area (Å²) >= 11 is 0. The van der Waals surface area contributed by atoms with E-state index in [1.165, 1.54) is 11.1 Å². The second-order valence-corrected chi connectivity index (χ2v) is 8.37. The van der Waals surface area contributed by atoms with Crippen LogP contribution in [0.1, 0.15) is 61.3 Å². The zero-order valence-corrected chi connectivity index (χ0v) is 15.8. The summed E-state index contributed by atoms with van der Waals surface area (Å²) in [5, 5.41) is 11.7. The van der Waals surface area contributed by atoms with E-state index in [2.05, 4.69) is 54.6 Å². The first kappa shape index (κ1) is 17.2. The molecular formula is C20H27N5O. The first-order chi connectivity index (χ1) is 12.4. The summed E-state index contributed by atoms with van der Waals surface area (Å²) in [5.41, 5.74) is 4.12. The Hall–Kier alpha value is -2.21. The van der Waals surface area contributed by atoms with Crippen molar-refractivity contribution in [3.63, 3.8) is 0 Å². The van der Waals surface area contributed by atoms with E-state index in [-0.39, 0.29) is 11.3 Å². The molecule has 6 heteroatoms. The highest BCUT2D eigenvalue weighted by Crippen LogP contribution is 2.33. The maximum atomic E-state index is 13.0. The monoisotopic (exact) mass is 353 g/mol. The Bertz CT molecular complexity index is 814. The van der Waals surface area contributed by atoms with Crippen molar-refractivity contribution in [3.8, 4) is 0 Å². The molecule has 2 aliphatic rings. The lowest BCUT2D eigenvalue weighted by atomic mass is 9.86. The van der Waals surface area contributed by atoms with Gasteiger partial charge in [-0.05, 0) is 55.0 Å². The fourth-order valence-corrected chi connectivity index (χ4v) is 3.84. The van der Waals surface area contributed by atoms with Crippen LogP contribution in [0.15, 0.2) is 24.4 Å². The molecule has 26 heavy (non-hydrogen) atoms. The fourth-order valence-electron chi connectivity index (χ4n) is 3.84. The first-order valence-electron chi connectivity index (χ1n) is 9.51. The maximum Gasteiger partial charge on any atom is 0.280 e. The molecule has 0 aliphatic carbocycles. The maximum absolute atomic E-state index is 13.0. The van der Waals surface area contributed by atoms with E-state index in [1.807, 2.05) is 15.8 Å². The molecule has 1 saturated heterocycles. The lowest BCUT2D eigenvalue weighted by Crippen LogP contribution is -2.30. The number of nitrogens with one attached hydrogen (secondary N) is 1. The van der Waals surface area contributed by atoms with Gasteiger partial charge in [0.05, 0.1) is 12.2 Å². The van der Waals surface area contributed by atoms with Crippen molar-refractivity contribution >= 4 is 11.6 Å². The third kappa shape index (κ3) is 3.14. The smallest absolute Gasteiger partial charge is 0.280 e. The summed E-state index contributed by atoms with van der Waals surface area (Å²) in [6.45, 7) is 9.33. The first-order valence-corrected chi connectivity index (χ1v) is 9.51. The quantitative estimate of drug-likeness (QED) is 0.902. The molecule has 1 aromatic carbocycles. The molecule has 2 aromatic rings. The molecular weight excluding hydrogens is 326 g/mol. The van der Waals surface area contributed by atoms with Gasteiger partial charge in [0.1, 0.15) is 0 Å². The number of amides is 1. The van der Waals surface area contributed by atoms with E-state index < -0.39 is 0 Å². The second kappa shape index (κ2) is 6.50. The third-order valence-electron chi connectivity index (χ3n) is 5.50. The van der Waals surface area contributed by atoms with Crippen molar-refractivity contribution in [1.82, 2.24) is 20.3 Å². The van der Waals surface area contributed by atoms with Crippen LogP contribution in [0.4, 0.5) is 5.69 Å². The Balaban J connectivity index is 1.55. The number of nitrogens with zero attached hydrogens (tertiary/aromatic N) is 4. The van der Waals surface area contributed by atoms with Gasteiger partial charge < -0.3 is 10.2 Å². The molecule has 0 radical (unpaired) electrons. The van der Waals surface area contributed by atoms with Crippen molar-refractivity contribution in [3.05, 3.63) is 41.2 Å². The summed E-state index contributed by atoms with van der Waals surface area (Å²) in [4.78, 5) is 14.8. The molecule has 0 saturated carbocycles. The number of aromatic nitrogens is 3. The van der Waals surface area contributed by atoms with Gasteiger partial charge in [0.15, 0.2) is 5.69 Å². The summed E-state index contributed by atoms with van der Waals surface area (Å²) in [7, 11) is 0. The molecule has 4 rings (SSSR count). The lowest BCUT2D eigenvalue weighted by molar-refractivity contribution is 0.0984. The second-order valence-electron chi connectivity index (χ2n) is 8.37. The average Bonchev–Trinajstić information content (AvgIpc) is 3.28. The van der Waals surface area contributed by atoms with Crippen LogP contribution in [0.2, 0.25) is 0 Å². The van der Waals surface area contributed by atoms with E-state index >= 15 is 0 Å². The number of anilines is 1. The van der Waals surface area contributed by atoms with Gasteiger partial charge in [-0.2, -0.15) is 0 Å².